The van der Waals surface area contributed by atoms with Crippen molar-refractivity contribution in [1.82, 2.24) is 10.5 Å². The quantitative estimate of drug-likeness (QED) is 0.793. The number of aromatic nitrogens is 1. The van der Waals surface area contributed by atoms with Crippen LogP contribution in [-0.4, -0.2) is 37.2 Å². The minimum absolute atomic E-state index is 0.194. The molecule has 8 heteroatoms. The molecule has 0 saturated heterocycles. The summed E-state index contributed by atoms with van der Waals surface area (Å²) in [6.07, 6.45) is 0. The van der Waals surface area contributed by atoms with Gasteiger partial charge in [-0.1, -0.05) is 17.3 Å². The lowest BCUT2D eigenvalue weighted by Gasteiger charge is -2.10. The number of benzene rings is 1. The van der Waals surface area contributed by atoms with Crippen molar-refractivity contribution in [2.24, 2.45) is 0 Å². The van der Waals surface area contributed by atoms with Crippen molar-refractivity contribution in [2.45, 2.75) is 6.92 Å². The largest absolute Gasteiger partial charge is 0.493 e. The minimum atomic E-state index is -0.428. The third kappa shape index (κ3) is 5.03. The smallest absolute Gasteiger partial charge is 0.258 e. The van der Waals surface area contributed by atoms with Gasteiger partial charge in [-0.2, -0.15) is 0 Å². The Labute approximate surface area is 132 Å². The standard InChI is InChI=1S/C15H17N3O5/c1-10-7-13(18-23-10)17-14(19)8-16-15(20)9-22-12-6-4-3-5-11(12)21-2/h3-7H,8-9H2,1-2H3,(H,16,20)(H,17,18,19). The molecule has 8 nitrogen and oxygen atoms in total. The van der Waals surface area contributed by atoms with Crippen LogP contribution >= 0.6 is 0 Å². The first kappa shape index (κ1) is 16.3. The number of carbonyl (C=O) groups is 2. The van der Waals surface area contributed by atoms with Gasteiger partial charge in [0.05, 0.1) is 13.7 Å². The lowest BCUT2D eigenvalue weighted by atomic mass is 10.3. The Bertz CT molecular complexity index is 683. The molecule has 2 aromatic rings. The number of amides is 2. The van der Waals surface area contributed by atoms with Crippen LogP contribution in [-0.2, 0) is 9.59 Å². The predicted octanol–water partition coefficient (Wildman–Crippen LogP) is 1.13. The number of nitrogens with zero attached hydrogens (tertiary/aromatic N) is 1. The van der Waals surface area contributed by atoms with Crippen molar-refractivity contribution >= 4 is 17.6 Å². The highest BCUT2D eigenvalue weighted by Crippen LogP contribution is 2.25. The van der Waals surface area contributed by atoms with Crippen LogP contribution < -0.4 is 20.1 Å². The summed E-state index contributed by atoms with van der Waals surface area (Å²) in [5, 5.41) is 8.55. The Morgan fingerprint density at radius 2 is 1.96 bits per heavy atom. The fraction of sp³-hybridized carbons (Fsp3) is 0.267. The molecule has 0 aliphatic rings. The number of ether oxygens (including phenoxy) is 2. The first-order valence-corrected chi connectivity index (χ1v) is 6.84. The summed E-state index contributed by atoms with van der Waals surface area (Å²) >= 11 is 0. The second-order valence-electron chi connectivity index (χ2n) is 4.59. The molecule has 0 bridgehead atoms. The number of rotatable bonds is 7. The summed E-state index contributed by atoms with van der Waals surface area (Å²) in [6, 6.07) is 8.54. The molecule has 1 aromatic carbocycles. The average Bonchev–Trinajstić information content (AvgIpc) is 2.96. The van der Waals surface area contributed by atoms with E-state index in [0.29, 0.717) is 23.1 Å². The summed E-state index contributed by atoms with van der Waals surface area (Å²) in [6.45, 7) is 1.29. The number of hydrogen-bond acceptors (Lipinski definition) is 6. The number of anilines is 1. The fourth-order valence-corrected chi connectivity index (χ4v) is 1.72. The van der Waals surface area contributed by atoms with Crippen molar-refractivity contribution in [3.63, 3.8) is 0 Å². The van der Waals surface area contributed by atoms with Crippen LogP contribution in [0.25, 0.3) is 0 Å². The lowest BCUT2D eigenvalue weighted by Crippen LogP contribution is -2.35. The topological polar surface area (TPSA) is 103 Å². The van der Waals surface area contributed by atoms with Gasteiger partial charge in [0, 0.05) is 6.07 Å². The Hall–Kier alpha value is -3.03. The monoisotopic (exact) mass is 319 g/mol. The molecule has 0 unspecified atom stereocenters. The maximum Gasteiger partial charge on any atom is 0.258 e. The van der Waals surface area contributed by atoms with E-state index >= 15 is 0 Å². The van der Waals surface area contributed by atoms with Crippen LogP contribution in [0.5, 0.6) is 11.5 Å². The maximum absolute atomic E-state index is 11.7. The Morgan fingerprint density at radius 1 is 1.22 bits per heavy atom. The summed E-state index contributed by atoms with van der Waals surface area (Å²) in [5.41, 5.74) is 0. The highest BCUT2D eigenvalue weighted by molar-refractivity contribution is 5.93. The summed E-state index contributed by atoms with van der Waals surface area (Å²) in [5.74, 6) is 1.01. The summed E-state index contributed by atoms with van der Waals surface area (Å²) in [4.78, 5) is 23.3. The molecule has 0 spiro atoms. The molecule has 1 heterocycles. The zero-order chi connectivity index (χ0) is 16.7. The van der Waals surface area contributed by atoms with Gasteiger partial charge >= 0.3 is 0 Å². The summed E-state index contributed by atoms with van der Waals surface area (Å²) in [7, 11) is 1.51. The van der Waals surface area contributed by atoms with Crippen molar-refractivity contribution in [3.05, 3.63) is 36.1 Å². The number of aryl methyl sites for hydroxylation is 1. The molecule has 2 amide bonds. The number of carbonyl (C=O) groups excluding carboxylic acids is 2. The summed E-state index contributed by atoms with van der Waals surface area (Å²) < 4.78 is 15.3. The molecule has 1 aromatic heterocycles. The minimum Gasteiger partial charge on any atom is -0.493 e. The van der Waals surface area contributed by atoms with Crippen LogP contribution in [0.3, 0.4) is 0 Å². The van der Waals surface area contributed by atoms with Crippen LogP contribution in [0.1, 0.15) is 5.76 Å². The van der Waals surface area contributed by atoms with Gasteiger partial charge in [0.25, 0.3) is 5.91 Å². The van der Waals surface area contributed by atoms with E-state index in [1.165, 1.54) is 7.11 Å². The first-order chi connectivity index (χ1) is 11.1. The normalized spacial score (nSPS) is 10.0. The second kappa shape index (κ2) is 7.83. The highest BCUT2D eigenvalue weighted by atomic mass is 16.5. The van der Waals surface area contributed by atoms with E-state index in [4.69, 9.17) is 14.0 Å². The first-order valence-electron chi connectivity index (χ1n) is 6.84. The lowest BCUT2D eigenvalue weighted by molar-refractivity contribution is -0.125. The molecule has 2 N–H and O–H groups in total. The van der Waals surface area contributed by atoms with Crippen LogP contribution in [0.4, 0.5) is 5.82 Å². The van der Waals surface area contributed by atoms with Gasteiger partial charge in [-0.05, 0) is 19.1 Å². The van der Waals surface area contributed by atoms with Crippen LogP contribution in [0, 0.1) is 6.92 Å². The molecule has 0 saturated carbocycles. The second-order valence-corrected chi connectivity index (χ2v) is 4.59. The van der Waals surface area contributed by atoms with Gasteiger partial charge in [-0.15, -0.1) is 0 Å². The van der Waals surface area contributed by atoms with Crippen LogP contribution in [0.2, 0.25) is 0 Å². The van der Waals surface area contributed by atoms with Crippen molar-refractivity contribution < 1.29 is 23.6 Å². The van der Waals surface area contributed by atoms with Crippen molar-refractivity contribution in [2.75, 3.05) is 25.6 Å². The van der Waals surface area contributed by atoms with E-state index in [-0.39, 0.29) is 13.2 Å². The maximum atomic E-state index is 11.7. The number of hydrogen-bond donors (Lipinski definition) is 2. The molecule has 0 aliphatic carbocycles. The highest BCUT2D eigenvalue weighted by Gasteiger charge is 2.10. The molecule has 0 radical (unpaired) electrons. The van der Waals surface area contributed by atoms with Crippen molar-refractivity contribution in [3.8, 4) is 11.5 Å². The van der Waals surface area contributed by atoms with E-state index in [2.05, 4.69) is 15.8 Å². The van der Waals surface area contributed by atoms with E-state index in [1.54, 1.807) is 37.3 Å². The molecule has 0 fully saturated rings. The number of nitrogens with one attached hydrogen (secondary N) is 2. The van der Waals surface area contributed by atoms with Crippen molar-refractivity contribution in [1.29, 1.82) is 0 Å². The Balaban J connectivity index is 1.73. The Kier molecular flexibility index (Phi) is 5.56. The predicted molar refractivity (Wildman–Crippen MR) is 81.4 cm³/mol. The SMILES string of the molecule is COc1ccccc1OCC(=O)NCC(=O)Nc1cc(C)on1. The molecule has 0 aliphatic heterocycles. The van der Waals surface area contributed by atoms with E-state index in [9.17, 15) is 9.59 Å². The van der Waals surface area contributed by atoms with Gasteiger partial charge in [-0.3, -0.25) is 9.59 Å². The Morgan fingerprint density at radius 3 is 2.61 bits per heavy atom. The fourth-order valence-electron chi connectivity index (χ4n) is 1.72. The van der Waals surface area contributed by atoms with E-state index in [0.717, 1.165) is 0 Å². The zero-order valence-corrected chi connectivity index (χ0v) is 12.8. The average molecular weight is 319 g/mol. The third-order valence-electron chi connectivity index (χ3n) is 2.77. The van der Waals surface area contributed by atoms with Gasteiger partial charge in [0.1, 0.15) is 5.76 Å². The van der Waals surface area contributed by atoms with Gasteiger partial charge in [0.15, 0.2) is 23.9 Å². The van der Waals surface area contributed by atoms with Crippen LogP contribution in [0.15, 0.2) is 34.9 Å². The molecular weight excluding hydrogens is 302 g/mol. The van der Waals surface area contributed by atoms with Gasteiger partial charge < -0.3 is 24.6 Å². The molecule has 23 heavy (non-hydrogen) atoms. The number of para-hydroxylation sites is 2. The van der Waals surface area contributed by atoms with Gasteiger partial charge in [-0.25, -0.2) is 0 Å². The molecular formula is C15H17N3O5. The van der Waals surface area contributed by atoms with Gasteiger partial charge in [0.2, 0.25) is 5.91 Å². The zero-order valence-electron chi connectivity index (χ0n) is 12.8. The van der Waals surface area contributed by atoms with E-state index < -0.39 is 11.8 Å². The third-order valence-corrected chi connectivity index (χ3v) is 2.77. The van der Waals surface area contributed by atoms with E-state index in [1.807, 2.05) is 0 Å². The number of methoxy groups -OCH3 is 1. The molecule has 0 atom stereocenters. The molecule has 2 rings (SSSR count). The molecule has 122 valence electrons.